The minimum Gasteiger partial charge on any atom is -0.497 e. The number of nitrogens with zero attached hydrogens (tertiary/aromatic N) is 3. The standard InChI is InChI=1S/C19H17N3O2/c1-13-3-8-16-17(11-13)21-18(12-20)22(19(16)23)10-9-14-4-6-15(24-2)7-5-14/h3-8,11H,9-10H2,1-2H3. The van der Waals surface area contributed by atoms with Gasteiger partial charge in [0.05, 0.1) is 18.0 Å². The number of rotatable bonds is 4. The van der Waals surface area contributed by atoms with Crippen molar-refractivity contribution in [1.29, 1.82) is 5.26 Å². The molecule has 5 heteroatoms. The van der Waals surface area contributed by atoms with Crippen molar-refractivity contribution in [2.75, 3.05) is 7.11 Å². The molecule has 0 aliphatic carbocycles. The molecule has 3 rings (SSSR count). The molecule has 0 amide bonds. The molecule has 0 saturated heterocycles. The Kier molecular flexibility index (Phi) is 4.30. The van der Waals surface area contributed by atoms with Gasteiger partial charge in [-0.2, -0.15) is 5.26 Å². The molecule has 0 fully saturated rings. The first-order valence-electron chi connectivity index (χ1n) is 7.66. The molecule has 5 nitrogen and oxygen atoms in total. The summed E-state index contributed by atoms with van der Waals surface area (Å²) in [7, 11) is 1.62. The highest BCUT2D eigenvalue weighted by Gasteiger charge is 2.11. The minimum absolute atomic E-state index is 0.145. The maximum Gasteiger partial charge on any atom is 0.262 e. The first-order valence-corrected chi connectivity index (χ1v) is 7.66. The van der Waals surface area contributed by atoms with Crippen molar-refractivity contribution in [3.63, 3.8) is 0 Å². The van der Waals surface area contributed by atoms with Crippen LogP contribution in [0, 0.1) is 18.3 Å². The number of nitriles is 1. The first kappa shape index (κ1) is 15.8. The van der Waals surface area contributed by atoms with Crippen molar-refractivity contribution in [2.24, 2.45) is 0 Å². The number of aromatic nitrogens is 2. The lowest BCUT2D eigenvalue weighted by molar-refractivity contribution is 0.414. The molecule has 24 heavy (non-hydrogen) atoms. The number of aryl methyl sites for hydroxylation is 2. The normalized spacial score (nSPS) is 10.5. The number of benzene rings is 2. The van der Waals surface area contributed by atoms with Crippen LogP contribution in [-0.2, 0) is 13.0 Å². The third-order valence-electron chi connectivity index (χ3n) is 3.99. The van der Waals surface area contributed by atoms with E-state index in [2.05, 4.69) is 4.98 Å². The van der Waals surface area contributed by atoms with Gasteiger partial charge in [0.15, 0.2) is 0 Å². The van der Waals surface area contributed by atoms with Gasteiger partial charge in [-0.05, 0) is 48.7 Å². The highest BCUT2D eigenvalue weighted by molar-refractivity contribution is 5.78. The number of methoxy groups -OCH3 is 1. The Morgan fingerprint density at radius 1 is 1.21 bits per heavy atom. The monoisotopic (exact) mass is 319 g/mol. The SMILES string of the molecule is COc1ccc(CCn2c(C#N)nc3cc(C)ccc3c2=O)cc1. The summed E-state index contributed by atoms with van der Waals surface area (Å²) in [4.78, 5) is 17.0. The van der Waals surface area contributed by atoms with Crippen LogP contribution in [0.15, 0.2) is 47.3 Å². The third kappa shape index (κ3) is 2.99. The molecular weight excluding hydrogens is 302 g/mol. The van der Waals surface area contributed by atoms with E-state index in [4.69, 9.17) is 4.74 Å². The lowest BCUT2D eigenvalue weighted by Gasteiger charge is -2.10. The highest BCUT2D eigenvalue weighted by atomic mass is 16.5. The Morgan fingerprint density at radius 3 is 2.62 bits per heavy atom. The minimum atomic E-state index is -0.176. The van der Waals surface area contributed by atoms with Crippen LogP contribution in [0.3, 0.4) is 0 Å². The molecule has 0 saturated carbocycles. The van der Waals surface area contributed by atoms with Crippen LogP contribution in [0.25, 0.3) is 10.9 Å². The van der Waals surface area contributed by atoms with Crippen molar-refractivity contribution >= 4 is 10.9 Å². The van der Waals surface area contributed by atoms with Gasteiger partial charge in [-0.1, -0.05) is 18.2 Å². The van der Waals surface area contributed by atoms with Gasteiger partial charge in [-0.15, -0.1) is 0 Å². The number of hydrogen-bond acceptors (Lipinski definition) is 4. The number of fused-ring (bicyclic) bond motifs is 1. The molecule has 0 aliphatic rings. The molecule has 0 aliphatic heterocycles. The van der Waals surface area contributed by atoms with Crippen molar-refractivity contribution < 1.29 is 4.74 Å². The third-order valence-corrected chi connectivity index (χ3v) is 3.99. The molecule has 3 aromatic rings. The predicted octanol–water partition coefficient (Wildman–Crippen LogP) is 2.83. The zero-order valence-electron chi connectivity index (χ0n) is 13.6. The lowest BCUT2D eigenvalue weighted by Crippen LogP contribution is -2.25. The van der Waals surface area contributed by atoms with E-state index >= 15 is 0 Å². The van der Waals surface area contributed by atoms with Crippen LogP contribution >= 0.6 is 0 Å². The Hall–Kier alpha value is -3.13. The molecule has 0 atom stereocenters. The molecule has 1 heterocycles. The fourth-order valence-electron chi connectivity index (χ4n) is 2.66. The van der Waals surface area contributed by atoms with Gasteiger partial charge in [0, 0.05) is 6.54 Å². The van der Waals surface area contributed by atoms with Crippen LogP contribution in [0.2, 0.25) is 0 Å². The summed E-state index contributed by atoms with van der Waals surface area (Å²) in [6.07, 6.45) is 0.637. The average molecular weight is 319 g/mol. The summed E-state index contributed by atoms with van der Waals surface area (Å²) in [5.74, 6) is 0.933. The Labute approximate surface area is 139 Å². The van der Waals surface area contributed by atoms with E-state index in [0.29, 0.717) is 23.9 Å². The van der Waals surface area contributed by atoms with E-state index in [-0.39, 0.29) is 11.4 Å². The predicted molar refractivity (Wildman–Crippen MR) is 92.2 cm³/mol. The van der Waals surface area contributed by atoms with Crippen molar-refractivity contribution in [1.82, 2.24) is 9.55 Å². The molecule has 1 aromatic heterocycles. The van der Waals surface area contributed by atoms with Gasteiger partial charge in [0.25, 0.3) is 5.56 Å². The largest absolute Gasteiger partial charge is 0.497 e. The molecule has 0 N–H and O–H groups in total. The molecule has 120 valence electrons. The topological polar surface area (TPSA) is 67.9 Å². The van der Waals surface area contributed by atoms with E-state index in [1.165, 1.54) is 4.57 Å². The molecule has 2 aromatic carbocycles. The zero-order valence-corrected chi connectivity index (χ0v) is 13.6. The summed E-state index contributed by atoms with van der Waals surface area (Å²) in [6.45, 7) is 2.34. The van der Waals surface area contributed by atoms with Gasteiger partial charge in [0.2, 0.25) is 5.82 Å². The van der Waals surface area contributed by atoms with Gasteiger partial charge in [-0.25, -0.2) is 4.98 Å². The molecule has 0 radical (unpaired) electrons. The molecule has 0 unspecified atom stereocenters. The lowest BCUT2D eigenvalue weighted by atomic mass is 10.1. The zero-order chi connectivity index (χ0) is 17.1. The summed E-state index contributed by atoms with van der Waals surface area (Å²) in [5.41, 5.74) is 2.46. The summed E-state index contributed by atoms with van der Waals surface area (Å²) >= 11 is 0. The van der Waals surface area contributed by atoms with E-state index in [1.807, 2.05) is 49.4 Å². The van der Waals surface area contributed by atoms with Crippen molar-refractivity contribution in [3.8, 4) is 11.8 Å². The van der Waals surface area contributed by atoms with E-state index in [0.717, 1.165) is 16.9 Å². The quantitative estimate of drug-likeness (QED) is 0.741. The van der Waals surface area contributed by atoms with Crippen LogP contribution < -0.4 is 10.3 Å². The molecule has 0 spiro atoms. The van der Waals surface area contributed by atoms with E-state index < -0.39 is 0 Å². The fraction of sp³-hybridized carbons (Fsp3) is 0.211. The second-order valence-corrected chi connectivity index (χ2v) is 5.62. The smallest absolute Gasteiger partial charge is 0.262 e. The fourth-order valence-corrected chi connectivity index (χ4v) is 2.66. The van der Waals surface area contributed by atoms with Gasteiger partial charge in [-0.3, -0.25) is 9.36 Å². The van der Waals surface area contributed by atoms with Gasteiger partial charge in [0.1, 0.15) is 11.8 Å². The number of hydrogen-bond donors (Lipinski definition) is 0. The summed E-state index contributed by atoms with van der Waals surface area (Å²) in [6, 6.07) is 15.2. The Balaban J connectivity index is 1.96. The number of ether oxygens (including phenoxy) is 1. The summed E-state index contributed by atoms with van der Waals surface area (Å²) in [5, 5.41) is 9.88. The second kappa shape index (κ2) is 6.55. The maximum atomic E-state index is 12.7. The van der Waals surface area contributed by atoms with Gasteiger partial charge >= 0.3 is 0 Å². The first-order chi connectivity index (χ1) is 11.6. The van der Waals surface area contributed by atoms with Crippen LogP contribution in [0.1, 0.15) is 17.0 Å². The Bertz CT molecular complexity index is 982. The van der Waals surface area contributed by atoms with E-state index in [1.54, 1.807) is 13.2 Å². The Morgan fingerprint density at radius 2 is 1.96 bits per heavy atom. The molecule has 0 bridgehead atoms. The average Bonchev–Trinajstić information content (AvgIpc) is 2.60. The van der Waals surface area contributed by atoms with Crippen molar-refractivity contribution in [2.45, 2.75) is 19.9 Å². The van der Waals surface area contributed by atoms with E-state index in [9.17, 15) is 10.1 Å². The van der Waals surface area contributed by atoms with Crippen LogP contribution in [-0.4, -0.2) is 16.7 Å². The maximum absolute atomic E-state index is 12.7. The van der Waals surface area contributed by atoms with Crippen molar-refractivity contribution in [3.05, 3.63) is 69.8 Å². The van der Waals surface area contributed by atoms with Crippen LogP contribution in [0.4, 0.5) is 0 Å². The summed E-state index contributed by atoms with van der Waals surface area (Å²) < 4.78 is 6.58. The second-order valence-electron chi connectivity index (χ2n) is 5.62. The van der Waals surface area contributed by atoms with Crippen LogP contribution in [0.5, 0.6) is 5.75 Å². The highest BCUT2D eigenvalue weighted by Crippen LogP contribution is 2.14. The van der Waals surface area contributed by atoms with Gasteiger partial charge < -0.3 is 4.74 Å². The molecular formula is C19H17N3O2.